The molecule has 1 aliphatic heterocycles. The molecule has 6 heteroatoms. The number of methoxy groups -OCH3 is 1. The van der Waals surface area contributed by atoms with Gasteiger partial charge in [-0.15, -0.1) is 0 Å². The first-order chi connectivity index (χ1) is 8.04. The predicted octanol–water partition coefficient (Wildman–Crippen LogP) is 0.268. The van der Waals surface area contributed by atoms with Gasteiger partial charge in [0.05, 0.1) is 6.10 Å². The van der Waals surface area contributed by atoms with Gasteiger partial charge in [0.2, 0.25) is 11.8 Å². The molecule has 1 saturated carbocycles. The fraction of sp³-hybridized carbons (Fsp3) is 0.727. The maximum absolute atomic E-state index is 11.9. The maximum Gasteiger partial charge on any atom is 0.331 e. The van der Waals surface area contributed by atoms with E-state index in [4.69, 9.17) is 4.74 Å². The van der Waals surface area contributed by atoms with Crippen LogP contribution in [0.4, 0.5) is 4.79 Å². The Morgan fingerprint density at radius 3 is 2.59 bits per heavy atom. The molecule has 1 saturated heterocycles. The fourth-order valence-corrected chi connectivity index (χ4v) is 2.41. The number of barbiturate groups is 1. The summed E-state index contributed by atoms with van der Waals surface area (Å²) in [6.07, 6.45) is 2.31. The first-order valence-corrected chi connectivity index (χ1v) is 5.75. The smallest absolute Gasteiger partial charge is 0.331 e. The van der Waals surface area contributed by atoms with Gasteiger partial charge in [-0.1, -0.05) is 0 Å². The van der Waals surface area contributed by atoms with Crippen molar-refractivity contribution in [3.63, 3.8) is 0 Å². The minimum atomic E-state index is -0.783. The molecule has 2 fully saturated rings. The number of ether oxygens (including phenoxy) is 1. The lowest BCUT2D eigenvalue weighted by atomic mass is 10.1. The zero-order chi connectivity index (χ0) is 12.6. The van der Waals surface area contributed by atoms with E-state index >= 15 is 0 Å². The average molecular weight is 240 g/mol. The molecule has 0 bridgehead atoms. The normalized spacial score (nSPS) is 34.1. The quantitative estimate of drug-likeness (QED) is 0.703. The summed E-state index contributed by atoms with van der Waals surface area (Å²) in [5, 5.41) is 2.21. The Labute approximate surface area is 99.3 Å². The van der Waals surface area contributed by atoms with Crippen molar-refractivity contribution in [3.8, 4) is 0 Å². The van der Waals surface area contributed by atoms with Gasteiger partial charge >= 0.3 is 6.03 Å². The topological polar surface area (TPSA) is 75.7 Å². The minimum absolute atomic E-state index is 0.0912. The standard InChI is InChI=1S/C11H16N2O4/c1-6-9(14)12-11(16)13(10(6)15)7-3-4-8(5-7)17-2/h6-8H,3-5H2,1-2H3,(H,12,14,16). The zero-order valence-corrected chi connectivity index (χ0v) is 9.93. The van der Waals surface area contributed by atoms with Crippen LogP contribution in [0.25, 0.3) is 0 Å². The number of carbonyl (C=O) groups excluding carboxylic acids is 3. The van der Waals surface area contributed by atoms with Crippen LogP contribution in [-0.4, -0.2) is 42.0 Å². The summed E-state index contributed by atoms with van der Waals surface area (Å²) < 4.78 is 5.21. The van der Waals surface area contributed by atoms with Crippen molar-refractivity contribution in [2.75, 3.05) is 7.11 Å². The van der Waals surface area contributed by atoms with E-state index in [0.717, 1.165) is 12.8 Å². The highest BCUT2D eigenvalue weighted by atomic mass is 16.5. The number of amides is 4. The van der Waals surface area contributed by atoms with Crippen molar-refractivity contribution in [3.05, 3.63) is 0 Å². The van der Waals surface area contributed by atoms with Crippen LogP contribution in [-0.2, 0) is 14.3 Å². The Morgan fingerprint density at radius 2 is 2.00 bits per heavy atom. The summed E-state index contributed by atoms with van der Waals surface area (Å²) in [7, 11) is 1.62. The van der Waals surface area contributed by atoms with Crippen LogP contribution in [0.3, 0.4) is 0 Å². The lowest BCUT2D eigenvalue weighted by Crippen LogP contribution is -2.59. The average Bonchev–Trinajstić information content (AvgIpc) is 2.74. The van der Waals surface area contributed by atoms with Crippen LogP contribution in [0, 0.1) is 5.92 Å². The molecule has 3 unspecified atom stereocenters. The molecular formula is C11H16N2O4. The van der Waals surface area contributed by atoms with Gasteiger partial charge in [0.25, 0.3) is 0 Å². The predicted molar refractivity (Wildman–Crippen MR) is 58.0 cm³/mol. The summed E-state index contributed by atoms with van der Waals surface area (Å²) in [5.41, 5.74) is 0. The van der Waals surface area contributed by atoms with Gasteiger partial charge in [-0.05, 0) is 26.2 Å². The fourth-order valence-electron chi connectivity index (χ4n) is 2.41. The molecule has 2 rings (SSSR count). The van der Waals surface area contributed by atoms with Crippen LogP contribution in [0.15, 0.2) is 0 Å². The van der Waals surface area contributed by atoms with E-state index in [1.165, 1.54) is 11.8 Å². The molecule has 1 aliphatic carbocycles. The van der Waals surface area contributed by atoms with E-state index in [9.17, 15) is 14.4 Å². The first kappa shape index (κ1) is 12.0. The summed E-state index contributed by atoms with van der Waals surface area (Å²) in [4.78, 5) is 36.1. The number of urea groups is 1. The van der Waals surface area contributed by atoms with E-state index < -0.39 is 23.8 Å². The van der Waals surface area contributed by atoms with Crippen molar-refractivity contribution in [2.45, 2.75) is 38.3 Å². The summed E-state index contributed by atoms with van der Waals surface area (Å²) >= 11 is 0. The van der Waals surface area contributed by atoms with Crippen molar-refractivity contribution < 1.29 is 19.1 Å². The highest BCUT2D eigenvalue weighted by Gasteiger charge is 2.43. The van der Waals surface area contributed by atoms with Crippen LogP contribution >= 0.6 is 0 Å². The Kier molecular flexibility index (Phi) is 3.15. The monoisotopic (exact) mass is 240 g/mol. The van der Waals surface area contributed by atoms with Crippen molar-refractivity contribution >= 4 is 17.8 Å². The third kappa shape index (κ3) is 2.04. The van der Waals surface area contributed by atoms with Crippen LogP contribution in [0.2, 0.25) is 0 Å². The lowest BCUT2D eigenvalue weighted by molar-refractivity contribution is -0.143. The van der Waals surface area contributed by atoms with Crippen molar-refractivity contribution in [1.29, 1.82) is 0 Å². The maximum atomic E-state index is 11.9. The van der Waals surface area contributed by atoms with Crippen LogP contribution in [0.5, 0.6) is 0 Å². The Morgan fingerprint density at radius 1 is 1.29 bits per heavy atom. The van der Waals surface area contributed by atoms with Crippen LogP contribution in [0.1, 0.15) is 26.2 Å². The molecule has 17 heavy (non-hydrogen) atoms. The van der Waals surface area contributed by atoms with Gasteiger partial charge < -0.3 is 4.74 Å². The largest absolute Gasteiger partial charge is 0.381 e. The molecule has 0 radical (unpaired) electrons. The van der Waals surface area contributed by atoms with Crippen molar-refractivity contribution in [2.24, 2.45) is 5.92 Å². The summed E-state index contributed by atoms with van der Waals surface area (Å²) in [6.45, 7) is 1.51. The molecule has 0 aromatic heterocycles. The number of nitrogens with zero attached hydrogens (tertiary/aromatic N) is 1. The summed E-state index contributed by atoms with van der Waals surface area (Å²) in [5.74, 6) is -1.70. The van der Waals surface area contributed by atoms with E-state index in [-0.39, 0.29) is 12.1 Å². The Hall–Kier alpha value is -1.43. The van der Waals surface area contributed by atoms with E-state index in [1.807, 2.05) is 0 Å². The van der Waals surface area contributed by atoms with Crippen molar-refractivity contribution in [1.82, 2.24) is 10.2 Å². The third-order valence-electron chi connectivity index (χ3n) is 3.51. The van der Waals surface area contributed by atoms with Gasteiger partial charge in [0.1, 0.15) is 5.92 Å². The number of imide groups is 2. The van der Waals surface area contributed by atoms with Gasteiger partial charge in [-0.2, -0.15) is 0 Å². The van der Waals surface area contributed by atoms with Gasteiger partial charge in [0, 0.05) is 13.2 Å². The van der Waals surface area contributed by atoms with E-state index in [0.29, 0.717) is 6.42 Å². The van der Waals surface area contributed by atoms with E-state index in [1.54, 1.807) is 7.11 Å². The molecule has 2 aliphatic rings. The molecule has 1 heterocycles. The lowest BCUT2D eigenvalue weighted by Gasteiger charge is -2.32. The van der Waals surface area contributed by atoms with Gasteiger partial charge in [-0.25, -0.2) is 4.79 Å². The van der Waals surface area contributed by atoms with E-state index in [2.05, 4.69) is 5.32 Å². The highest BCUT2D eigenvalue weighted by Crippen LogP contribution is 2.28. The SMILES string of the molecule is COC1CCC(N2C(=O)NC(=O)C(C)C2=O)C1. The molecule has 6 nitrogen and oxygen atoms in total. The highest BCUT2D eigenvalue weighted by molar-refractivity contribution is 6.16. The number of hydrogen-bond donors (Lipinski definition) is 1. The molecule has 1 N–H and O–H groups in total. The number of carbonyl (C=O) groups is 3. The number of hydrogen-bond acceptors (Lipinski definition) is 4. The Bertz CT molecular complexity index is 368. The zero-order valence-electron chi connectivity index (χ0n) is 9.93. The molecule has 94 valence electrons. The molecular weight excluding hydrogens is 224 g/mol. The second kappa shape index (κ2) is 4.44. The molecule has 0 aromatic rings. The summed E-state index contributed by atoms with van der Waals surface area (Å²) in [6, 6.07) is -0.747. The van der Waals surface area contributed by atoms with Gasteiger partial charge in [0.15, 0.2) is 0 Å². The molecule has 0 aromatic carbocycles. The number of nitrogens with one attached hydrogen (secondary N) is 1. The molecule has 3 atom stereocenters. The third-order valence-corrected chi connectivity index (χ3v) is 3.51. The Balaban J connectivity index is 2.12. The second-order valence-corrected chi connectivity index (χ2v) is 4.55. The van der Waals surface area contributed by atoms with Gasteiger partial charge in [-0.3, -0.25) is 19.8 Å². The molecule has 0 spiro atoms. The number of rotatable bonds is 2. The van der Waals surface area contributed by atoms with Crippen LogP contribution < -0.4 is 5.32 Å². The molecule has 4 amide bonds. The first-order valence-electron chi connectivity index (χ1n) is 5.75. The minimum Gasteiger partial charge on any atom is -0.381 e. The second-order valence-electron chi connectivity index (χ2n) is 4.55.